The summed E-state index contributed by atoms with van der Waals surface area (Å²) in [4.78, 5) is 3.31. The van der Waals surface area contributed by atoms with Crippen LogP contribution in [0.3, 0.4) is 0 Å². The van der Waals surface area contributed by atoms with Gasteiger partial charge in [0, 0.05) is 29.6 Å². The Labute approximate surface area is 121 Å². The van der Waals surface area contributed by atoms with E-state index in [1.54, 1.807) is 11.3 Å². The van der Waals surface area contributed by atoms with Gasteiger partial charge in [0.2, 0.25) is 5.13 Å². The minimum Gasteiger partial charge on any atom is -0.361 e. The van der Waals surface area contributed by atoms with Crippen LogP contribution in [-0.4, -0.2) is 21.7 Å². The van der Waals surface area contributed by atoms with Crippen LogP contribution in [0.5, 0.6) is 0 Å². The van der Waals surface area contributed by atoms with Gasteiger partial charge in [0.1, 0.15) is 5.01 Å². The maximum absolute atomic E-state index is 4.24. The van der Waals surface area contributed by atoms with Gasteiger partial charge in [-0.25, -0.2) is 0 Å². The van der Waals surface area contributed by atoms with Crippen LogP contribution in [0.4, 0.5) is 5.13 Å². The lowest BCUT2D eigenvalue weighted by Gasteiger charge is -2.01. The molecule has 0 atom stereocenters. The largest absolute Gasteiger partial charge is 0.361 e. The third kappa shape index (κ3) is 2.29. The Hall–Kier alpha value is -1.88. The lowest BCUT2D eigenvalue weighted by atomic mass is 10.1. The molecule has 4 rings (SSSR count). The number of aromatic amines is 1. The minimum atomic E-state index is 0.691. The fraction of sp³-hybridized carbons (Fsp3) is 0.333. The highest BCUT2D eigenvalue weighted by atomic mass is 32.1. The van der Waals surface area contributed by atoms with Crippen LogP contribution in [0.2, 0.25) is 0 Å². The molecular formula is C15H16N4S. The van der Waals surface area contributed by atoms with Crippen molar-refractivity contribution in [1.82, 2.24) is 15.2 Å². The number of fused-ring (bicyclic) bond motifs is 1. The van der Waals surface area contributed by atoms with Crippen LogP contribution >= 0.6 is 11.3 Å². The van der Waals surface area contributed by atoms with Gasteiger partial charge in [-0.3, -0.25) is 0 Å². The van der Waals surface area contributed by atoms with E-state index < -0.39 is 0 Å². The molecule has 0 saturated heterocycles. The summed E-state index contributed by atoms with van der Waals surface area (Å²) in [5.41, 5.74) is 2.55. The van der Waals surface area contributed by atoms with Crippen LogP contribution in [0.25, 0.3) is 10.9 Å². The second-order valence-electron chi connectivity index (χ2n) is 5.26. The second kappa shape index (κ2) is 4.90. The van der Waals surface area contributed by atoms with Crippen LogP contribution in [0.15, 0.2) is 30.5 Å². The zero-order valence-electron chi connectivity index (χ0n) is 11.1. The summed E-state index contributed by atoms with van der Waals surface area (Å²) in [7, 11) is 0. The van der Waals surface area contributed by atoms with E-state index in [-0.39, 0.29) is 0 Å². The summed E-state index contributed by atoms with van der Waals surface area (Å²) in [6.45, 7) is 0.890. The number of nitrogens with zero attached hydrogens (tertiary/aromatic N) is 2. The van der Waals surface area contributed by atoms with Gasteiger partial charge in [0.05, 0.1) is 0 Å². The number of para-hydroxylation sites is 1. The molecule has 0 bridgehead atoms. The number of anilines is 1. The number of hydrogen-bond donors (Lipinski definition) is 2. The van der Waals surface area contributed by atoms with Gasteiger partial charge in [-0.05, 0) is 30.9 Å². The molecule has 2 aromatic heterocycles. The topological polar surface area (TPSA) is 53.6 Å². The number of rotatable bonds is 5. The predicted molar refractivity (Wildman–Crippen MR) is 82.4 cm³/mol. The number of hydrogen-bond acceptors (Lipinski definition) is 4. The molecule has 1 saturated carbocycles. The lowest BCUT2D eigenvalue weighted by Crippen LogP contribution is -2.04. The third-order valence-electron chi connectivity index (χ3n) is 3.71. The summed E-state index contributed by atoms with van der Waals surface area (Å²) >= 11 is 1.70. The minimum absolute atomic E-state index is 0.691. The maximum Gasteiger partial charge on any atom is 0.205 e. The zero-order chi connectivity index (χ0) is 13.4. The van der Waals surface area contributed by atoms with E-state index in [4.69, 9.17) is 0 Å². The number of aromatic nitrogens is 3. The SMILES string of the molecule is c1ccc2c(CCNc3nnc(C4CC4)s3)c[nH]c2c1. The summed E-state index contributed by atoms with van der Waals surface area (Å²) in [6, 6.07) is 8.41. The van der Waals surface area contributed by atoms with Crippen molar-refractivity contribution in [2.24, 2.45) is 0 Å². The Kier molecular flexibility index (Phi) is 2.92. The van der Waals surface area contributed by atoms with E-state index in [1.807, 2.05) is 0 Å². The molecule has 1 fully saturated rings. The lowest BCUT2D eigenvalue weighted by molar-refractivity contribution is 0.959. The van der Waals surface area contributed by atoms with E-state index in [0.717, 1.165) is 18.1 Å². The normalized spacial score (nSPS) is 14.8. The molecule has 1 aromatic carbocycles. The average molecular weight is 284 g/mol. The van der Waals surface area contributed by atoms with Gasteiger partial charge < -0.3 is 10.3 Å². The number of H-pyrrole nitrogens is 1. The quantitative estimate of drug-likeness (QED) is 0.753. The van der Waals surface area contributed by atoms with Crippen molar-refractivity contribution in [3.8, 4) is 0 Å². The summed E-state index contributed by atoms with van der Waals surface area (Å²) in [5, 5.41) is 15.3. The second-order valence-corrected chi connectivity index (χ2v) is 6.27. The molecule has 1 aliphatic rings. The monoisotopic (exact) mass is 284 g/mol. The zero-order valence-corrected chi connectivity index (χ0v) is 11.9. The molecule has 5 heteroatoms. The van der Waals surface area contributed by atoms with Crippen LogP contribution in [0.1, 0.15) is 29.3 Å². The third-order valence-corrected chi connectivity index (χ3v) is 4.76. The number of nitrogens with one attached hydrogen (secondary N) is 2. The van der Waals surface area contributed by atoms with E-state index in [0.29, 0.717) is 5.92 Å². The van der Waals surface area contributed by atoms with Crippen molar-refractivity contribution in [1.29, 1.82) is 0 Å². The van der Waals surface area contributed by atoms with Gasteiger partial charge in [0.15, 0.2) is 0 Å². The van der Waals surface area contributed by atoms with Gasteiger partial charge in [-0.2, -0.15) is 0 Å². The van der Waals surface area contributed by atoms with Gasteiger partial charge in [-0.1, -0.05) is 29.5 Å². The van der Waals surface area contributed by atoms with Gasteiger partial charge >= 0.3 is 0 Å². The fourth-order valence-corrected chi connectivity index (χ4v) is 3.38. The first-order chi connectivity index (χ1) is 9.90. The highest BCUT2D eigenvalue weighted by Gasteiger charge is 2.27. The highest BCUT2D eigenvalue weighted by Crippen LogP contribution is 2.42. The first-order valence-electron chi connectivity index (χ1n) is 7.02. The maximum atomic E-state index is 4.24. The molecule has 3 aromatic rings. The van der Waals surface area contributed by atoms with Crippen LogP contribution < -0.4 is 5.32 Å². The Morgan fingerprint density at radius 1 is 1.25 bits per heavy atom. The molecule has 0 aliphatic heterocycles. The van der Waals surface area contributed by atoms with Crippen LogP contribution in [-0.2, 0) is 6.42 Å². The molecule has 0 amide bonds. The first kappa shape index (κ1) is 11.9. The molecule has 0 spiro atoms. The molecular weight excluding hydrogens is 268 g/mol. The molecule has 0 radical (unpaired) electrons. The highest BCUT2D eigenvalue weighted by molar-refractivity contribution is 7.15. The van der Waals surface area contributed by atoms with Crippen molar-refractivity contribution < 1.29 is 0 Å². The Balaban J connectivity index is 1.40. The van der Waals surface area contributed by atoms with Gasteiger partial charge in [-0.15, -0.1) is 10.2 Å². The molecule has 1 aliphatic carbocycles. The predicted octanol–water partition coefficient (Wildman–Crippen LogP) is 3.55. The summed E-state index contributed by atoms with van der Waals surface area (Å²) in [6.07, 6.45) is 5.65. The van der Waals surface area contributed by atoms with E-state index >= 15 is 0 Å². The average Bonchev–Trinajstić information content (AvgIpc) is 3.09. The molecule has 4 nitrogen and oxygen atoms in total. The van der Waals surface area contributed by atoms with Crippen molar-refractivity contribution in [2.75, 3.05) is 11.9 Å². The number of benzene rings is 1. The molecule has 20 heavy (non-hydrogen) atoms. The van der Waals surface area contributed by atoms with E-state index in [1.165, 1.54) is 34.3 Å². The standard InChI is InChI=1S/C15H16N4S/c1-2-4-13-12(3-1)11(9-17-13)7-8-16-15-19-18-14(20-15)10-5-6-10/h1-4,9-10,17H,5-8H2,(H,16,19). The van der Waals surface area contributed by atoms with E-state index in [9.17, 15) is 0 Å². The Bertz CT molecular complexity index is 726. The van der Waals surface area contributed by atoms with Crippen molar-refractivity contribution >= 4 is 27.4 Å². The van der Waals surface area contributed by atoms with E-state index in [2.05, 4.69) is 51.0 Å². The van der Waals surface area contributed by atoms with Crippen molar-refractivity contribution in [2.45, 2.75) is 25.2 Å². The van der Waals surface area contributed by atoms with Crippen molar-refractivity contribution in [3.63, 3.8) is 0 Å². The first-order valence-corrected chi connectivity index (χ1v) is 7.84. The molecule has 2 N–H and O–H groups in total. The molecule has 2 heterocycles. The molecule has 102 valence electrons. The Morgan fingerprint density at radius 3 is 3.05 bits per heavy atom. The smallest absolute Gasteiger partial charge is 0.205 e. The van der Waals surface area contributed by atoms with Gasteiger partial charge in [0.25, 0.3) is 0 Å². The summed E-state index contributed by atoms with van der Waals surface area (Å²) < 4.78 is 0. The molecule has 0 unspecified atom stereocenters. The Morgan fingerprint density at radius 2 is 2.15 bits per heavy atom. The summed E-state index contributed by atoms with van der Waals surface area (Å²) in [5.74, 6) is 0.691. The van der Waals surface area contributed by atoms with Crippen molar-refractivity contribution in [3.05, 3.63) is 41.0 Å². The van der Waals surface area contributed by atoms with Crippen LogP contribution in [0, 0.1) is 0 Å². The fourth-order valence-electron chi connectivity index (χ4n) is 2.44.